The first kappa shape index (κ1) is 27.2. The number of sulfonamides is 3. The highest BCUT2D eigenvalue weighted by atomic mass is 32.3. The van der Waals surface area contributed by atoms with Crippen molar-refractivity contribution in [1.29, 1.82) is 15.8 Å². The molecule has 0 radical (unpaired) electrons. The van der Waals surface area contributed by atoms with Crippen molar-refractivity contribution >= 4 is 30.1 Å². The quantitative estimate of drug-likeness (QED) is 0.260. The summed E-state index contributed by atoms with van der Waals surface area (Å²) in [5.41, 5.74) is 0. The first-order chi connectivity index (χ1) is 13.5. The molecule has 0 spiro atoms. The monoisotopic (exact) mass is 468 g/mol. The van der Waals surface area contributed by atoms with Crippen LogP contribution < -0.4 is 14.2 Å². The zero-order valence-corrected chi connectivity index (χ0v) is 18.3. The van der Waals surface area contributed by atoms with Gasteiger partial charge < -0.3 is 0 Å². The molecule has 0 aromatic carbocycles. The van der Waals surface area contributed by atoms with Gasteiger partial charge >= 0.3 is 3.41 Å². The van der Waals surface area contributed by atoms with Crippen LogP contribution in [0.3, 0.4) is 0 Å². The van der Waals surface area contributed by atoms with Gasteiger partial charge in [0.1, 0.15) is 0 Å². The van der Waals surface area contributed by atoms with Gasteiger partial charge in [-0.05, 0) is 6.42 Å². The molecule has 0 rings (SSSR count). The molecule has 0 aromatic heterocycles. The van der Waals surface area contributed by atoms with Crippen molar-refractivity contribution in [3.63, 3.8) is 0 Å². The number of rotatable bonds is 15. The van der Waals surface area contributed by atoms with E-state index in [1.165, 1.54) is 0 Å². The summed E-state index contributed by atoms with van der Waals surface area (Å²) in [6.45, 7) is 0.141. The van der Waals surface area contributed by atoms with E-state index in [0.717, 1.165) is 0 Å². The molecule has 0 aliphatic carbocycles. The first-order valence-corrected chi connectivity index (χ1v) is 13.0. The fraction of sp³-hybridized carbons (Fsp3) is 0.786. The lowest BCUT2D eigenvalue weighted by atomic mass is 10.3. The molecule has 0 amide bonds. The Morgan fingerprint density at radius 3 is 1.24 bits per heavy atom. The first-order valence-electron chi connectivity index (χ1n) is 8.58. The average Bonchev–Trinajstić information content (AvgIpc) is 2.62. The van der Waals surface area contributed by atoms with E-state index in [9.17, 15) is 25.3 Å². The molecule has 12 nitrogen and oxygen atoms in total. The lowest BCUT2D eigenvalue weighted by Gasteiger charge is -2.32. The largest absolute Gasteiger partial charge is 0.313 e. The predicted molar refractivity (Wildman–Crippen MR) is 104 cm³/mol. The molecule has 15 heteroatoms. The number of hydrogen-bond acceptors (Lipinski definition) is 9. The Hall–Kier alpha value is -1.80. The second-order valence-electron chi connectivity index (χ2n) is 5.70. The maximum atomic E-state index is 13.0. The van der Waals surface area contributed by atoms with Gasteiger partial charge in [-0.3, -0.25) is 0 Å². The van der Waals surface area contributed by atoms with E-state index >= 15 is 0 Å². The summed E-state index contributed by atoms with van der Waals surface area (Å²) in [4.78, 5) is 0. The Bertz CT molecular complexity index is 849. The average molecular weight is 469 g/mol. The molecular weight excluding hydrogens is 444 g/mol. The van der Waals surface area contributed by atoms with Crippen LogP contribution in [0.1, 0.15) is 45.4 Å². The van der Waals surface area contributed by atoms with Crippen LogP contribution in [-0.2, 0) is 30.1 Å². The van der Waals surface area contributed by atoms with Gasteiger partial charge in [-0.25, -0.2) is 39.4 Å². The van der Waals surface area contributed by atoms with Crippen LogP contribution in [0, 0.1) is 34.0 Å². The van der Waals surface area contributed by atoms with E-state index in [4.69, 9.17) is 15.8 Å². The summed E-state index contributed by atoms with van der Waals surface area (Å²) in [5.74, 6) is 0. The topological polar surface area (TPSA) is 210 Å². The number of nitrogens with zero attached hydrogens (tertiary/aromatic N) is 3. The fourth-order valence-corrected chi connectivity index (χ4v) is 9.82. The van der Waals surface area contributed by atoms with Crippen molar-refractivity contribution < 1.29 is 25.3 Å². The van der Waals surface area contributed by atoms with Crippen LogP contribution in [0.5, 0.6) is 0 Å². The molecule has 29 heavy (non-hydrogen) atoms. The Morgan fingerprint density at radius 1 is 0.690 bits per heavy atom. The van der Waals surface area contributed by atoms with Crippen LogP contribution >= 0.6 is 0 Å². The SMILES string of the molecule is CCCCC(S(=O)(=O)NCCC#N)(S(=O)(=O)NCCC#N)S(=O)(=O)NCCC#N. The van der Waals surface area contributed by atoms with Gasteiger partial charge in [-0.2, -0.15) is 15.8 Å². The Labute approximate surface area is 172 Å². The van der Waals surface area contributed by atoms with Crippen molar-refractivity contribution in [2.75, 3.05) is 19.6 Å². The predicted octanol–water partition coefficient (Wildman–Crippen LogP) is -0.670. The highest BCUT2D eigenvalue weighted by Crippen LogP contribution is 2.35. The zero-order valence-electron chi connectivity index (χ0n) is 15.9. The van der Waals surface area contributed by atoms with Crippen molar-refractivity contribution in [2.24, 2.45) is 0 Å². The minimum Gasteiger partial charge on any atom is -0.212 e. The Kier molecular flexibility index (Phi) is 11.3. The van der Waals surface area contributed by atoms with E-state index in [1.54, 1.807) is 25.1 Å². The standard InChI is InChI=1S/C14H24N6O6S3/c1-2-3-7-14(27(21,22)18-11-4-8-15,28(23,24)19-12-5-9-16)29(25,26)20-13-6-10-17/h18-20H,2-7,11-13H2,1H3. The molecule has 0 aromatic rings. The van der Waals surface area contributed by atoms with Crippen molar-refractivity contribution in [2.45, 2.75) is 48.9 Å². The van der Waals surface area contributed by atoms with E-state index in [-0.39, 0.29) is 32.1 Å². The van der Waals surface area contributed by atoms with Gasteiger partial charge in [-0.1, -0.05) is 13.3 Å². The molecule has 0 bridgehead atoms. The fourth-order valence-electron chi connectivity index (χ4n) is 2.28. The number of hydrogen-bond donors (Lipinski definition) is 3. The second kappa shape index (κ2) is 12.0. The maximum absolute atomic E-state index is 13.0. The van der Waals surface area contributed by atoms with Crippen LogP contribution in [0.25, 0.3) is 0 Å². The van der Waals surface area contributed by atoms with Crippen LogP contribution in [-0.4, -0.2) is 48.3 Å². The molecule has 0 aliphatic heterocycles. The minimum absolute atomic E-state index is 0.0719. The number of unbranched alkanes of at least 4 members (excludes halogenated alkanes) is 1. The maximum Gasteiger partial charge on any atom is 0.313 e. The Balaban J connectivity index is 6.65. The van der Waals surface area contributed by atoms with Gasteiger partial charge in [0, 0.05) is 45.3 Å². The third-order valence-electron chi connectivity index (χ3n) is 3.65. The molecule has 0 heterocycles. The van der Waals surface area contributed by atoms with Crippen LogP contribution in [0.15, 0.2) is 0 Å². The normalized spacial score (nSPS) is 12.6. The van der Waals surface area contributed by atoms with Gasteiger partial charge in [-0.15, -0.1) is 0 Å². The smallest absolute Gasteiger partial charge is 0.212 e. The summed E-state index contributed by atoms with van der Waals surface area (Å²) < 4.78 is 80.3. The molecule has 0 atom stereocenters. The van der Waals surface area contributed by atoms with E-state index in [0.29, 0.717) is 0 Å². The molecule has 0 fully saturated rings. The molecule has 0 saturated carbocycles. The highest BCUT2D eigenvalue weighted by molar-refractivity contribution is 8.24. The van der Waals surface area contributed by atoms with E-state index in [1.807, 2.05) is 14.2 Å². The van der Waals surface area contributed by atoms with Crippen molar-refractivity contribution in [3.8, 4) is 18.2 Å². The van der Waals surface area contributed by atoms with Gasteiger partial charge in [0.2, 0.25) is 30.1 Å². The Morgan fingerprint density at radius 2 is 1.00 bits per heavy atom. The van der Waals surface area contributed by atoms with Crippen LogP contribution in [0.4, 0.5) is 0 Å². The lowest BCUT2D eigenvalue weighted by Crippen LogP contribution is -2.63. The number of nitriles is 3. The molecule has 3 N–H and O–H groups in total. The third kappa shape index (κ3) is 6.60. The van der Waals surface area contributed by atoms with E-state index in [2.05, 4.69) is 0 Å². The van der Waals surface area contributed by atoms with Crippen LogP contribution in [0.2, 0.25) is 0 Å². The number of nitrogens with one attached hydrogen (secondary N) is 3. The molecule has 0 unspecified atom stereocenters. The molecule has 0 aliphatic rings. The molecule has 0 saturated heterocycles. The van der Waals surface area contributed by atoms with Gasteiger partial charge in [0.05, 0.1) is 18.2 Å². The van der Waals surface area contributed by atoms with Gasteiger partial charge in [0.15, 0.2) is 0 Å². The van der Waals surface area contributed by atoms with Gasteiger partial charge in [0.25, 0.3) is 0 Å². The molecular formula is C14H24N6O6S3. The highest BCUT2D eigenvalue weighted by Gasteiger charge is 2.64. The second-order valence-corrected chi connectivity index (χ2v) is 12.5. The van der Waals surface area contributed by atoms with Crippen molar-refractivity contribution in [1.82, 2.24) is 14.2 Å². The zero-order chi connectivity index (χ0) is 22.6. The summed E-state index contributed by atoms with van der Waals surface area (Å²) in [7, 11) is -15.3. The van der Waals surface area contributed by atoms with Crippen molar-refractivity contribution in [3.05, 3.63) is 0 Å². The summed E-state index contributed by atoms with van der Waals surface area (Å²) in [5, 5.41) is 25.8. The summed E-state index contributed by atoms with van der Waals surface area (Å²) in [6, 6.07) is 5.00. The summed E-state index contributed by atoms with van der Waals surface area (Å²) in [6.07, 6.45) is -1.52. The summed E-state index contributed by atoms with van der Waals surface area (Å²) >= 11 is 0. The van der Waals surface area contributed by atoms with E-state index < -0.39 is 59.5 Å². The lowest BCUT2D eigenvalue weighted by molar-refractivity contribution is 0.517. The molecule has 164 valence electrons. The third-order valence-corrected chi connectivity index (χ3v) is 12.4. The minimum atomic E-state index is -5.09.